The fraction of sp³-hybridized carbons (Fsp3) is 0.333. The summed E-state index contributed by atoms with van der Waals surface area (Å²) in [4.78, 5) is 0. The van der Waals surface area contributed by atoms with E-state index in [4.69, 9.17) is 9.31 Å². The third-order valence-corrected chi connectivity index (χ3v) is 6.29. The van der Waals surface area contributed by atoms with Crippen LogP contribution in [0.25, 0.3) is 21.9 Å². The molecule has 0 aromatic heterocycles. The molecule has 0 saturated carbocycles. The lowest BCUT2D eigenvalue weighted by Gasteiger charge is -2.32. The Hall–Kier alpha value is -2.10. The second-order valence-electron chi connectivity index (χ2n) is 8.59. The van der Waals surface area contributed by atoms with Crippen molar-refractivity contribution in [2.45, 2.75) is 52.7 Å². The Kier molecular flexibility index (Phi) is 4.21. The molecule has 27 heavy (non-hydrogen) atoms. The lowest BCUT2D eigenvalue weighted by atomic mass is 9.74. The minimum Gasteiger partial charge on any atom is -0.399 e. The SMILES string of the molecule is Cc1ccc2ccccc2c1-c1cccc(B2OC(C)(C)C(C)(C)O2)c1C. The molecule has 0 atom stereocenters. The van der Waals surface area contributed by atoms with Gasteiger partial charge in [0, 0.05) is 0 Å². The molecule has 1 saturated heterocycles. The van der Waals surface area contributed by atoms with Crippen molar-refractivity contribution in [3.05, 3.63) is 65.7 Å². The molecule has 0 radical (unpaired) electrons. The zero-order valence-electron chi connectivity index (χ0n) is 17.1. The molecule has 1 aliphatic rings. The van der Waals surface area contributed by atoms with E-state index in [-0.39, 0.29) is 18.3 Å². The summed E-state index contributed by atoms with van der Waals surface area (Å²) in [5.74, 6) is 0. The van der Waals surface area contributed by atoms with Gasteiger partial charge in [-0.05, 0) is 80.0 Å². The highest BCUT2D eigenvalue weighted by molar-refractivity contribution is 6.62. The first-order valence-electron chi connectivity index (χ1n) is 9.65. The van der Waals surface area contributed by atoms with E-state index in [0.29, 0.717) is 0 Å². The van der Waals surface area contributed by atoms with Crippen molar-refractivity contribution in [2.24, 2.45) is 0 Å². The number of rotatable bonds is 2. The normalized spacial score (nSPS) is 18.2. The smallest absolute Gasteiger partial charge is 0.399 e. The summed E-state index contributed by atoms with van der Waals surface area (Å²) in [7, 11) is -0.342. The van der Waals surface area contributed by atoms with Crippen molar-refractivity contribution < 1.29 is 9.31 Å². The lowest BCUT2D eigenvalue weighted by molar-refractivity contribution is 0.00578. The number of fused-ring (bicyclic) bond motifs is 1. The van der Waals surface area contributed by atoms with Gasteiger partial charge in [0.1, 0.15) is 0 Å². The minimum atomic E-state index is -0.342. The fourth-order valence-corrected chi connectivity index (χ4v) is 3.89. The second kappa shape index (κ2) is 6.22. The molecule has 3 aromatic carbocycles. The molecular formula is C24H27BO2. The van der Waals surface area contributed by atoms with E-state index in [0.717, 1.165) is 5.46 Å². The Balaban J connectivity index is 1.87. The van der Waals surface area contributed by atoms with E-state index in [1.54, 1.807) is 0 Å². The van der Waals surface area contributed by atoms with Crippen LogP contribution in [0.2, 0.25) is 0 Å². The Labute approximate surface area is 162 Å². The molecule has 138 valence electrons. The van der Waals surface area contributed by atoms with Crippen molar-refractivity contribution in [3.63, 3.8) is 0 Å². The molecule has 1 fully saturated rings. The van der Waals surface area contributed by atoms with Crippen LogP contribution in [0, 0.1) is 13.8 Å². The van der Waals surface area contributed by atoms with Gasteiger partial charge in [0.05, 0.1) is 11.2 Å². The Morgan fingerprint density at radius 1 is 0.741 bits per heavy atom. The van der Waals surface area contributed by atoms with Gasteiger partial charge in [0.15, 0.2) is 0 Å². The summed E-state index contributed by atoms with van der Waals surface area (Å²) < 4.78 is 12.6. The average molecular weight is 358 g/mol. The van der Waals surface area contributed by atoms with Crippen molar-refractivity contribution in [2.75, 3.05) is 0 Å². The van der Waals surface area contributed by atoms with Crippen molar-refractivity contribution in [1.29, 1.82) is 0 Å². The zero-order chi connectivity index (χ0) is 19.4. The van der Waals surface area contributed by atoms with Gasteiger partial charge in [-0.3, -0.25) is 0 Å². The maximum Gasteiger partial charge on any atom is 0.495 e. The lowest BCUT2D eigenvalue weighted by Crippen LogP contribution is -2.41. The second-order valence-corrected chi connectivity index (χ2v) is 8.59. The standard InChI is InChI=1S/C24H27BO2/c1-16-14-15-18-10-7-8-11-20(18)22(16)19-12-9-13-21(17(19)2)25-26-23(3,4)24(5,6)27-25/h7-15H,1-6H3. The predicted octanol–water partition coefficient (Wildman–Crippen LogP) is 5.42. The van der Waals surface area contributed by atoms with Gasteiger partial charge in [-0.25, -0.2) is 0 Å². The average Bonchev–Trinajstić information content (AvgIpc) is 2.83. The predicted molar refractivity (Wildman–Crippen MR) is 115 cm³/mol. The summed E-state index contributed by atoms with van der Waals surface area (Å²) in [5, 5.41) is 2.55. The number of hydrogen-bond acceptors (Lipinski definition) is 2. The quantitative estimate of drug-likeness (QED) is 0.569. The fourth-order valence-electron chi connectivity index (χ4n) is 3.89. The molecule has 3 aromatic rings. The van der Waals surface area contributed by atoms with E-state index in [9.17, 15) is 0 Å². The number of hydrogen-bond donors (Lipinski definition) is 0. The maximum absolute atomic E-state index is 6.32. The summed E-state index contributed by atoms with van der Waals surface area (Å²) in [6.45, 7) is 12.8. The molecule has 0 N–H and O–H groups in total. The van der Waals surface area contributed by atoms with E-state index >= 15 is 0 Å². The molecule has 1 heterocycles. The first-order valence-corrected chi connectivity index (χ1v) is 9.65. The highest BCUT2D eigenvalue weighted by Crippen LogP contribution is 2.38. The van der Waals surface area contributed by atoms with Crippen LogP contribution in [0.3, 0.4) is 0 Å². The van der Waals surface area contributed by atoms with E-state index < -0.39 is 0 Å². The van der Waals surface area contributed by atoms with Gasteiger partial charge in [0.2, 0.25) is 0 Å². The van der Waals surface area contributed by atoms with Crippen molar-refractivity contribution in [1.82, 2.24) is 0 Å². The highest BCUT2D eigenvalue weighted by atomic mass is 16.7. The first kappa shape index (κ1) is 18.3. The maximum atomic E-state index is 6.32. The first-order chi connectivity index (χ1) is 12.7. The van der Waals surface area contributed by atoms with Gasteiger partial charge < -0.3 is 9.31 Å². The number of aryl methyl sites for hydroxylation is 1. The molecule has 0 unspecified atom stereocenters. The summed E-state index contributed by atoms with van der Waals surface area (Å²) >= 11 is 0. The van der Waals surface area contributed by atoms with Crippen LogP contribution >= 0.6 is 0 Å². The molecular weight excluding hydrogens is 331 g/mol. The summed E-state index contributed by atoms with van der Waals surface area (Å²) in [6.07, 6.45) is 0. The number of benzene rings is 3. The molecule has 0 spiro atoms. The minimum absolute atomic E-state index is 0.338. The van der Waals surface area contributed by atoms with Crippen molar-refractivity contribution in [3.8, 4) is 11.1 Å². The highest BCUT2D eigenvalue weighted by Gasteiger charge is 2.52. The molecule has 2 nitrogen and oxygen atoms in total. The van der Waals surface area contributed by atoms with Gasteiger partial charge >= 0.3 is 7.12 Å². The third-order valence-electron chi connectivity index (χ3n) is 6.29. The van der Waals surface area contributed by atoms with Gasteiger partial charge in [0.25, 0.3) is 0 Å². The Morgan fingerprint density at radius 2 is 1.41 bits per heavy atom. The van der Waals surface area contributed by atoms with Gasteiger partial charge in [-0.15, -0.1) is 0 Å². The van der Waals surface area contributed by atoms with E-state index in [1.807, 2.05) is 0 Å². The molecule has 3 heteroatoms. The third kappa shape index (κ3) is 2.90. The van der Waals surface area contributed by atoms with Gasteiger partial charge in [-0.2, -0.15) is 0 Å². The summed E-state index contributed by atoms with van der Waals surface area (Å²) in [5.41, 5.74) is 5.47. The molecule has 0 aliphatic carbocycles. The van der Waals surface area contributed by atoms with Crippen molar-refractivity contribution >= 4 is 23.4 Å². The molecule has 1 aliphatic heterocycles. The zero-order valence-corrected chi connectivity index (χ0v) is 17.1. The van der Waals surface area contributed by atoms with Crippen LogP contribution < -0.4 is 5.46 Å². The van der Waals surface area contributed by atoms with Crippen LogP contribution in [0.5, 0.6) is 0 Å². The van der Waals surface area contributed by atoms with Crippen LogP contribution in [-0.4, -0.2) is 18.3 Å². The largest absolute Gasteiger partial charge is 0.495 e. The topological polar surface area (TPSA) is 18.5 Å². The Bertz CT molecular complexity index is 1000. The van der Waals surface area contributed by atoms with E-state index in [2.05, 4.69) is 96.1 Å². The van der Waals surface area contributed by atoms with Gasteiger partial charge in [-0.1, -0.05) is 54.6 Å². The van der Waals surface area contributed by atoms with Crippen LogP contribution in [0.1, 0.15) is 38.8 Å². The Morgan fingerprint density at radius 3 is 2.11 bits per heavy atom. The molecule has 0 bridgehead atoms. The molecule has 4 rings (SSSR count). The van der Waals surface area contributed by atoms with Crippen LogP contribution in [-0.2, 0) is 9.31 Å². The van der Waals surface area contributed by atoms with Crippen LogP contribution in [0.4, 0.5) is 0 Å². The molecule has 0 amide bonds. The summed E-state index contributed by atoms with van der Waals surface area (Å²) in [6, 6.07) is 19.4. The monoisotopic (exact) mass is 358 g/mol. The van der Waals surface area contributed by atoms with Crippen LogP contribution in [0.15, 0.2) is 54.6 Å². The van der Waals surface area contributed by atoms with E-state index in [1.165, 1.54) is 33.0 Å².